The van der Waals surface area contributed by atoms with Crippen LogP contribution in [0.5, 0.6) is 0 Å². The van der Waals surface area contributed by atoms with Gasteiger partial charge >= 0.3 is 5.97 Å². The highest BCUT2D eigenvalue weighted by molar-refractivity contribution is 7.80. The number of carbonyl (C=O) groups is 1. The lowest BCUT2D eigenvalue weighted by atomic mass is 9.67. The van der Waals surface area contributed by atoms with Crippen molar-refractivity contribution in [3.05, 3.63) is 66.0 Å². The second kappa shape index (κ2) is 9.09. The van der Waals surface area contributed by atoms with Gasteiger partial charge in [-0.25, -0.2) is 0 Å². The number of nitrogens with zero attached hydrogens (tertiary/aromatic N) is 1. The third-order valence-electron chi connectivity index (χ3n) is 5.38. The van der Waals surface area contributed by atoms with Crippen molar-refractivity contribution in [1.82, 2.24) is 10.3 Å². The Bertz CT molecular complexity index is 766. The van der Waals surface area contributed by atoms with Crippen LogP contribution in [0.2, 0.25) is 0 Å². The molecule has 0 spiro atoms. The third kappa shape index (κ3) is 4.35. The van der Waals surface area contributed by atoms with E-state index in [4.69, 9.17) is 17.0 Å². The van der Waals surface area contributed by atoms with E-state index in [1.54, 1.807) is 6.20 Å². The van der Waals surface area contributed by atoms with Crippen LogP contribution in [0.4, 0.5) is 0 Å². The van der Waals surface area contributed by atoms with Crippen molar-refractivity contribution in [2.24, 2.45) is 0 Å². The Labute approximate surface area is 166 Å². The molecule has 0 saturated heterocycles. The monoisotopic (exact) mass is 382 g/mol. The Kier molecular flexibility index (Phi) is 6.56. The number of aromatic nitrogens is 1. The van der Waals surface area contributed by atoms with E-state index in [1.807, 2.05) is 55.7 Å². The van der Waals surface area contributed by atoms with E-state index in [1.165, 1.54) is 0 Å². The van der Waals surface area contributed by atoms with Gasteiger partial charge in [0, 0.05) is 25.9 Å². The number of aryl methyl sites for hydroxylation is 1. The molecule has 0 amide bonds. The fourth-order valence-electron chi connectivity index (χ4n) is 3.98. The van der Waals surface area contributed by atoms with Gasteiger partial charge in [-0.3, -0.25) is 9.78 Å². The van der Waals surface area contributed by atoms with Gasteiger partial charge in [-0.15, -0.1) is 0 Å². The number of rotatable bonds is 6. The zero-order valence-corrected chi connectivity index (χ0v) is 16.5. The topological polar surface area (TPSA) is 51.2 Å². The number of benzene rings is 1. The van der Waals surface area contributed by atoms with E-state index in [-0.39, 0.29) is 12.1 Å². The van der Waals surface area contributed by atoms with Gasteiger partial charge in [0.25, 0.3) is 0 Å². The minimum absolute atomic E-state index is 0.169. The van der Waals surface area contributed by atoms with Crippen molar-refractivity contribution >= 4 is 23.2 Å². The second-order valence-electron chi connectivity index (χ2n) is 7.00. The van der Waals surface area contributed by atoms with Crippen LogP contribution in [0.15, 0.2) is 54.9 Å². The standard InChI is InChI=1S/C22H26N2O2S/c1-23-21(27)22(18-10-7-15-24-16-18)14-6-5-11-19(22)26-20(25)13-12-17-8-3-2-4-9-17/h2-4,7-10,15-16,19H,5-6,11-14H2,1H3,(H,23,27)/t19-,22+/m1/s1. The molecule has 1 aliphatic carbocycles. The lowest BCUT2D eigenvalue weighted by Gasteiger charge is -2.43. The maximum Gasteiger partial charge on any atom is 0.306 e. The number of likely N-dealkylation sites (N-methyl/N-ethyl adjacent to an activating group) is 1. The molecule has 2 atom stereocenters. The van der Waals surface area contributed by atoms with Crippen LogP contribution < -0.4 is 5.32 Å². The Balaban J connectivity index is 1.78. The van der Waals surface area contributed by atoms with Gasteiger partial charge in [0.2, 0.25) is 0 Å². The van der Waals surface area contributed by atoms with E-state index in [2.05, 4.69) is 10.3 Å². The molecular formula is C22H26N2O2S. The van der Waals surface area contributed by atoms with Gasteiger partial charge in [-0.1, -0.05) is 55.0 Å². The molecule has 5 heteroatoms. The Morgan fingerprint density at radius 2 is 2.07 bits per heavy atom. The quantitative estimate of drug-likeness (QED) is 0.605. The third-order valence-corrected chi connectivity index (χ3v) is 5.95. The average Bonchev–Trinajstić information content (AvgIpc) is 2.73. The summed E-state index contributed by atoms with van der Waals surface area (Å²) in [5, 5.41) is 3.15. The summed E-state index contributed by atoms with van der Waals surface area (Å²) >= 11 is 5.71. The highest BCUT2D eigenvalue weighted by Crippen LogP contribution is 2.42. The molecule has 2 aromatic rings. The number of thiocarbonyl (C=S) groups is 1. The molecule has 1 aliphatic rings. The molecule has 27 heavy (non-hydrogen) atoms. The van der Waals surface area contributed by atoms with Crippen molar-refractivity contribution in [3.8, 4) is 0 Å². The molecule has 0 bridgehead atoms. The molecule has 1 saturated carbocycles. The van der Waals surface area contributed by atoms with Crippen molar-refractivity contribution in [3.63, 3.8) is 0 Å². The van der Waals surface area contributed by atoms with Crippen LogP contribution >= 0.6 is 12.2 Å². The minimum atomic E-state index is -0.501. The SMILES string of the molecule is CNC(=S)[C@]1(c2cccnc2)CCCC[C@H]1OC(=O)CCc1ccccc1. The summed E-state index contributed by atoms with van der Waals surface area (Å²) in [5.74, 6) is -0.169. The van der Waals surface area contributed by atoms with E-state index >= 15 is 0 Å². The summed E-state index contributed by atoms with van der Waals surface area (Å²) in [4.78, 5) is 17.6. The van der Waals surface area contributed by atoms with E-state index in [9.17, 15) is 4.79 Å². The molecule has 1 fully saturated rings. The molecular weight excluding hydrogens is 356 g/mol. The number of nitrogens with one attached hydrogen (secondary N) is 1. The van der Waals surface area contributed by atoms with Gasteiger partial charge in [0.1, 0.15) is 6.10 Å². The summed E-state index contributed by atoms with van der Waals surface area (Å²) in [6, 6.07) is 14.0. The molecule has 0 aliphatic heterocycles. The Morgan fingerprint density at radius 3 is 2.78 bits per heavy atom. The number of ether oxygens (including phenoxy) is 1. The molecule has 1 heterocycles. The average molecular weight is 383 g/mol. The summed E-state index contributed by atoms with van der Waals surface area (Å²) in [6.45, 7) is 0. The lowest BCUT2D eigenvalue weighted by molar-refractivity contribution is -0.153. The molecule has 0 radical (unpaired) electrons. The molecule has 1 aromatic heterocycles. The molecule has 3 rings (SSSR count). The van der Waals surface area contributed by atoms with Gasteiger partial charge in [-0.2, -0.15) is 0 Å². The predicted molar refractivity (Wildman–Crippen MR) is 111 cm³/mol. The zero-order chi connectivity index (χ0) is 19.1. The van der Waals surface area contributed by atoms with Crippen molar-refractivity contribution < 1.29 is 9.53 Å². The largest absolute Gasteiger partial charge is 0.461 e. The lowest BCUT2D eigenvalue weighted by Crippen LogP contribution is -2.53. The summed E-state index contributed by atoms with van der Waals surface area (Å²) in [6.07, 6.45) is 8.14. The van der Waals surface area contributed by atoms with Crippen molar-refractivity contribution in [1.29, 1.82) is 0 Å². The van der Waals surface area contributed by atoms with Gasteiger partial charge < -0.3 is 10.1 Å². The van der Waals surface area contributed by atoms with Gasteiger partial charge in [0.15, 0.2) is 0 Å². The van der Waals surface area contributed by atoms with E-state index < -0.39 is 5.41 Å². The number of hydrogen-bond acceptors (Lipinski definition) is 4. The number of carbonyl (C=O) groups excluding carboxylic acids is 1. The molecule has 4 nitrogen and oxygen atoms in total. The first-order valence-electron chi connectivity index (χ1n) is 9.53. The fraction of sp³-hybridized carbons (Fsp3) is 0.409. The van der Waals surface area contributed by atoms with E-state index in [0.717, 1.165) is 41.8 Å². The van der Waals surface area contributed by atoms with Crippen LogP contribution in [0.3, 0.4) is 0 Å². The maximum atomic E-state index is 12.6. The highest BCUT2D eigenvalue weighted by atomic mass is 32.1. The fourth-order valence-corrected chi connectivity index (χ4v) is 4.33. The summed E-state index contributed by atoms with van der Waals surface area (Å²) in [7, 11) is 1.84. The number of hydrogen-bond donors (Lipinski definition) is 1. The first-order chi connectivity index (χ1) is 13.2. The number of esters is 1. The Hall–Kier alpha value is -2.27. The van der Waals surface area contributed by atoms with Gasteiger partial charge in [-0.05, 0) is 42.9 Å². The first kappa shape index (κ1) is 19.5. The highest BCUT2D eigenvalue weighted by Gasteiger charge is 2.48. The maximum absolute atomic E-state index is 12.6. The Morgan fingerprint density at radius 1 is 1.26 bits per heavy atom. The molecule has 1 N–H and O–H groups in total. The van der Waals surface area contributed by atoms with Gasteiger partial charge in [0.05, 0.1) is 10.4 Å². The summed E-state index contributed by atoms with van der Waals surface area (Å²) in [5.41, 5.74) is 1.66. The normalized spacial score (nSPS) is 22.0. The van der Waals surface area contributed by atoms with Crippen LogP contribution in [-0.2, 0) is 21.4 Å². The zero-order valence-electron chi connectivity index (χ0n) is 15.7. The van der Waals surface area contributed by atoms with Crippen LogP contribution in [0.25, 0.3) is 0 Å². The van der Waals surface area contributed by atoms with Crippen LogP contribution in [-0.4, -0.2) is 29.1 Å². The predicted octanol–water partition coefficient (Wildman–Crippen LogP) is 3.98. The van der Waals surface area contributed by atoms with Crippen molar-refractivity contribution in [2.75, 3.05) is 7.05 Å². The number of pyridine rings is 1. The second-order valence-corrected chi connectivity index (χ2v) is 7.41. The van der Waals surface area contributed by atoms with E-state index in [0.29, 0.717) is 12.8 Å². The van der Waals surface area contributed by atoms with Crippen LogP contribution in [0, 0.1) is 0 Å². The summed E-state index contributed by atoms with van der Waals surface area (Å²) < 4.78 is 6.01. The van der Waals surface area contributed by atoms with Crippen molar-refractivity contribution in [2.45, 2.75) is 50.0 Å². The smallest absolute Gasteiger partial charge is 0.306 e. The molecule has 142 valence electrons. The first-order valence-corrected chi connectivity index (χ1v) is 9.94. The molecule has 0 unspecified atom stereocenters. The van der Waals surface area contributed by atoms with Crippen LogP contribution in [0.1, 0.15) is 43.2 Å². The minimum Gasteiger partial charge on any atom is -0.461 e. The molecule has 1 aromatic carbocycles.